The molecule has 276 valence electrons. The average molecular weight is 733 g/mol. The van der Waals surface area contributed by atoms with Crippen LogP contribution in [0.4, 0.5) is 15.8 Å². The smallest absolute Gasteiger partial charge is 0.279 e. The molecule has 1 fully saturated rings. The molecular formula is C40H37FN6O7. The first-order chi connectivity index (χ1) is 26.2. The zero-order valence-electron chi connectivity index (χ0n) is 29.7. The van der Waals surface area contributed by atoms with Gasteiger partial charge in [0.05, 0.1) is 35.2 Å². The number of halogens is 1. The Hall–Kier alpha value is -6.41. The Kier molecular flexibility index (Phi) is 10.4. The number of methoxy groups -OCH3 is 1. The number of carbonyl (C=O) groups is 1. The van der Waals surface area contributed by atoms with Crippen LogP contribution in [0.2, 0.25) is 0 Å². The second kappa shape index (κ2) is 15.7. The number of hydrogen-bond donors (Lipinski definition) is 1. The normalized spacial score (nSPS) is 13.5. The fraction of sp³-hybridized carbons (Fsp3) is 0.250. The summed E-state index contributed by atoms with van der Waals surface area (Å²) >= 11 is 0. The number of amides is 1. The molecule has 54 heavy (non-hydrogen) atoms. The minimum absolute atomic E-state index is 0.0952. The van der Waals surface area contributed by atoms with Gasteiger partial charge >= 0.3 is 0 Å². The summed E-state index contributed by atoms with van der Waals surface area (Å²) in [5, 5.41) is 19.2. The number of piperidine rings is 1. The number of ether oxygens (including phenoxy) is 3. The van der Waals surface area contributed by atoms with Crippen LogP contribution in [0.15, 0.2) is 95.9 Å². The molecule has 1 saturated heterocycles. The van der Waals surface area contributed by atoms with Crippen LogP contribution >= 0.6 is 0 Å². The first-order valence-corrected chi connectivity index (χ1v) is 17.6. The average Bonchev–Trinajstić information content (AvgIpc) is 3.18. The molecule has 6 aromatic rings. The van der Waals surface area contributed by atoms with Gasteiger partial charge in [0.2, 0.25) is 0 Å². The lowest BCUT2D eigenvalue weighted by atomic mass is 9.99. The van der Waals surface area contributed by atoms with E-state index in [0.29, 0.717) is 34.8 Å². The van der Waals surface area contributed by atoms with Gasteiger partial charge in [0, 0.05) is 53.5 Å². The van der Waals surface area contributed by atoms with E-state index in [1.165, 1.54) is 49.2 Å². The van der Waals surface area contributed by atoms with Crippen molar-refractivity contribution in [1.29, 1.82) is 0 Å². The maximum atomic E-state index is 15.6. The van der Waals surface area contributed by atoms with E-state index in [2.05, 4.69) is 27.2 Å². The van der Waals surface area contributed by atoms with Gasteiger partial charge in [-0.3, -0.25) is 24.7 Å². The van der Waals surface area contributed by atoms with Crippen LogP contribution in [-0.4, -0.2) is 63.8 Å². The molecule has 4 aromatic carbocycles. The fourth-order valence-corrected chi connectivity index (χ4v) is 6.46. The van der Waals surface area contributed by atoms with E-state index in [1.54, 1.807) is 55.8 Å². The standard InChI is InChI=1S/C40H37FN6O7/c1-25-15-19-45(20-16-25)18-5-21-53-37-24-33-31(23-36(37)52-2)34(14-17-42-33)54-35-13-8-26(22-32(35)41)43-39(48)38-29-6-3-4-7-30(29)40(49)46(44-38)27-9-11-28(12-10-27)47(50)51/h3-4,6-14,17,22-25H,5,15-16,18-21H2,1-2H3,(H,43,48). The third-order valence-corrected chi connectivity index (χ3v) is 9.47. The van der Waals surface area contributed by atoms with E-state index in [1.807, 2.05) is 0 Å². The number of aromatic nitrogens is 3. The highest BCUT2D eigenvalue weighted by molar-refractivity contribution is 6.11. The number of hydrogen-bond acceptors (Lipinski definition) is 10. The maximum Gasteiger partial charge on any atom is 0.279 e. The minimum Gasteiger partial charge on any atom is -0.493 e. The predicted octanol–water partition coefficient (Wildman–Crippen LogP) is 7.54. The zero-order valence-corrected chi connectivity index (χ0v) is 29.7. The molecule has 1 N–H and O–H groups in total. The molecule has 0 saturated carbocycles. The predicted molar refractivity (Wildman–Crippen MR) is 202 cm³/mol. The van der Waals surface area contributed by atoms with Gasteiger partial charge in [-0.15, -0.1) is 0 Å². The number of carbonyl (C=O) groups excluding carboxylic acids is 1. The molecule has 14 heteroatoms. The van der Waals surface area contributed by atoms with E-state index in [9.17, 15) is 19.7 Å². The third kappa shape index (κ3) is 7.69. The molecule has 13 nitrogen and oxygen atoms in total. The summed E-state index contributed by atoms with van der Waals surface area (Å²) in [7, 11) is 1.55. The Labute approximate surface area is 309 Å². The zero-order chi connectivity index (χ0) is 37.8. The lowest BCUT2D eigenvalue weighted by Gasteiger charge is -2.30. The van der Waals surface area contributed by atoms with Gasteiger partial charge in [0.15, 0.2) is 28.8 Å². The van der Waals surface area contributed by atoms with Crippen molar-refractivity contribution >= 4 is 39.0 Å². The van der Waals surface area contributed by atoms with Crippen LogP contribution in [0.5, 0.6) is 23.0 Å². The van der Waals surface area contributed by atoms with E-state index in [0.717, 1.165) is 42.7 Å². The van der Waals surface area contributed by atoms with Gasteiger partial charge in [0.1, 0.15) is 5.75 Å². The molecule has 0 atom stereocenters. The van der Waals surface area contributed by atoms with Crippen molar-refractivity contribution in [2.75, 3.05) is 38.7 Å². The van der Waals surface area contributed by atoms with Crippen molar-refractivity contribution in [2.24, 2.45) is 5.92 Å². The molecule has 0 radical (unpaired) electrons. The summed E-state index contributed by atoms with van der Waals surface area (Å²) < 4.78 is 34.3. The van der Waals surface area contributed by atoms with Crippen molar-refractivity contribution in [3.63, 3.8) is 0 Å². The van der Waals surface area contributed by atoms with Gasteiger partial charge < -0.3 is 24.4 Å². The lowest BCUT2D eigenvalue weighted by molar-refractivity contribution is -0.384. The Morgan fingerprint density at radius 3 is 2.43 bits per heavy atom. The van der Waals surface area contributed by atoms with Gasteiger partial charge in [-0.05, 0) is 80.7 Å². The number of non-ortho nitro benzene ring substituents is 1. The van der Waals surface area contributed by atoms with Gasteiger partial charge in [0.25, 0.3) is 17.2 Å². The summed E-state index contributed by atoms with van der Waals surface area (Å²) in [5.41, 5.74) is 0.114. The van der Waals surface area contributed by atoms with Crippen LogP contribution < -0.4 is 25.1 Å². The Bertz CT molecular complexity index is 2410. The van der Waals surface area contributed by atoms with Crippen molar-refractivity contribution in [2.45, 2.75) is 26.2 Å². The maximum absolute atomic E-state index is 15.6. The van der Waals surface area contributed by atoms with Crippen molar-refractivity contribution in [3.8, 4) is 28.7 Å². The second-order valence-corrected chi connectivity index (χ2v) is 13.1. The molecule has 0 bridgehead atoms. The van der Waals surface area contributed by atoms with E-state index >= 15 is 4.39 Å². The Morgan fingerprint density at radius 2 is 1.70 bits per heavy atom. The number of anilines is 1. The van der Waals surface area contributed by atoms with E-state index in [-0.39, 0.29) is 39.3 Å². The topological polar surface area (TPSA) is 151 Å². The molecular weight excluding hydrogens is 695 g/mol. The van der Waals surface area contributed by atoms with Crippen LogP contribution in [0.3, 0.4) is 0 Å². The summed E-state index contributed by atoms with van der Waals surface area (Å²) in [6.45, 7) is 6.03. The monoisotopic (exact) mass is 732 g/mol. The van der Waals surface area contributed by atoms with Gasteiger partial charge in [-0.25, -0.2) is 4.39 Å². The van der Waals surface area contributed by atoms with Crippen LogP contribution in [-0.2, 0) is 0 Å². The highest BCUT2D eigenvalue weighted by Gasteiger charge is 2.20. The Balaban J connectivity index is 1.07. The number of fused-ring (bicyclic) bond motifs is 2. The molecule has 1 aliphatic rings. The third-order valence-electron chi connectivity index (χ3n) is 9.47. The molecule has 3 heterocycles. The van der Waals surface area contributed by atoms with Crippen LogP contribution in [0.25, 0.3) is 27.4 Å². The quantitative estimate of drug-likeness (QED) is 0.0760. The highest BCUT2D eigenvalue weighted by Crippen LogP contribution is 2.38. The molecule has 1 amide bonds. The first kappa shape index (κ1) is 36.0. The molecule has 2 aromatic heterocycles. The molecule has 7 rings (SSSR count). The van der Waals surface area contributed by atoms with E-state index < -0.39 is 22.2 Å². The van der Waals surface area contributed by atoms with Gasteiger partial charge in [-0.2, -0.15) is 9.78 Å². The molecule has 1 aliphatic heterocycles. The number of nitrogens with one attached hydrogen (secondary N) is 1. The van der Waals surface area contributed by atoms with Crippen LogP contribution in [0, 0.1) is 21.8 Å². The Morgan fingerprint density at radius 1 is 0.944 bits per heavy atom. The van der Waals surface area contributed by atoms with Crippen LogP contribution in [0.1, 0.15) is 36.7 Å². The van der Waals surface area contributed by atoms with Gasteiger partial charge in [-0.1, -0.05) is 25.1 Å². The summed E-state index contributed by atoms with van der Waals surface area (Å²) in [6, 6.07) is 20.8. The highest BCUT2D eigenvalue weighted by atomic mass is 19.1. The number of nitrogens with zero attached hydrogens (tertiary/aromatic N) is 5. The second-order valence-electron chi connectivity index (χ2n) is 13.1. The summed E-state index contributed by atoms with van der Waals surface area (Å²) in [5.74, 6) is 0.618. The number of nitro benzene ring substituents is 1. The molecule has 0 unspecified atom stereocenters. The number of likely N-dealkylation sites (tertiary alicyclic amines) is 1. The summed E-state index contributed by atoms with van der Waals surface area (Å²) in [6.07, 6.45) is 4.89. The minimum atomic E-state index is -0.749. The SMILES string of the molecule is COc1cc2c(Oc3ccc(NC(=O)c4nn(-c5ccc([N+](=O)[O-])cc5)c(=O)c5ccccc45)cc3F)ccnc2cc1OCCCN1CCC(C)CC1. The molecule has 0 spiro atoms. The number of benzene rings is 4. The van der Waals surface area contributed by atoms with Crippen molar-refractivity contribution in [3.05, 3.63) is 123 Å². The summed E-state index contributed by atoms with van der Waals surface area (Å²) in [4.78, 5) is 44.4. The number of rotatable bonds is 12. The largest absolute Gasteiger partial charge is 0.493 e. The number of nitro groups is 1. The van der Waals surface area contributed by atoms with Crippen molar-refractivity contribution in [1.82, 2.24) is 19.7 Å². The first-order valence-electron chi connectivity index (χ1n) is 17.6. The molecule has 0 aliphatic carbocycles. The van der Waals surface area contributed by atoms with E-state index in [4.69, 9.17) is 14.2 Å². The fourth-order valence-electron chi connectivity index (χ4n) is 6.46. The van der Waals surface area contributed by atoms with Crippen molar-refractivity contribution < 1.29 is 28.3 Å². The lowest BCUT2D eigenvalue weighted by Crippen LogP contribution is -2.34. The number of pyridine rings is 1.